The Morgan fingerprint density at radius 2 is 1.52 bits per heavy atom. The summed E-state index contributed by atoms with van der Waals surface area (Å²) in [4.78, 5) is 47.3. The highest BCUT2D eigenvalue weighted by Crippen LogP contribution is 2.36. The molecule has 54 heavy (non-hydrogen) atoms. The van der Waals surface area contributed by atoms with E-state index in [0.29, 0.717) is 76.4 Å². The maximum atomic E-state index is 13.5. The molecule has 3 amide bonds. The summed E-state index contributed by atoms with van der Waals surface area (Å²) < 4.78 is 7.33. The summed E-state index contributed by atoms with van der Waals surface area (Å²) in [6.07, 6.45) is 5.63. The van der Waals surface area contributed by atoms with E-state index in [1.54, 1.807) is 41.2 Å². The Labute approximate surface area is 309 Å². The van der Waals surface area contributed by atoms with Crippen molar-refractivity contribution in [1.82, 2.24) is 38.7 Å². The number of primary amides is 2. The van der Waals surface area contributed by atoms with E-state index in [0.717, 1.165) is 33.4 Å². The molecule has 0 atom stereocenters. The normalized spacial score (nSPS) is 11.6. The Balaban J connectivity index is 1.32. The van der Waals surface area contributed by atoms with Crippen molar-refractivity contribution in [3.8, 4) is 17.5 Å². The number of fused-ring (bicyclic) bond motifs is 4. The van der Waals surface area contributed by atoms with E-state index in [1.165, 1.54) is 0 Å². The highest BCUT2D eigenvalue weighted by atomic mass is 16.2. The number of benzene rings is 2. The number of hydrogen-bond acceptors (Lipinski definition) is 8. The van der Waals surface area contributed by atoms with E-state index in [4.69, 9.17) is 21.4 Å². The maximum absolute atomic E-state index is 13.5. The molecule has 15 heteroatoms. The highest BCUT2D eigenvalue weighted by Gasteiger charge is 2.23. The number of rotatable bonds is 11. The summed E-state index contributed by atoms with van der Waals surface area (Å²) in [6, 6.07) is 14.6. The van der Waals surface area contributed by atoms with E-state index < -0.39 is 11.8 Å². The average molecular weight is 723 g/mol. The minimum absolute atomic E-state index is 0.284. The lowest BCUT2D eigenvalue weighted by Gasteiger charge is -2.11. The average Bonchev–Trinajstić information content (AvgIpc) is 3.90. The summed E-state index contributed by atoms with van der Waals surface area (Å²) in [5.74, 6) is -1.24. The van der Waals surface area contributed by atoms with Crippen LogP contribution in [0.4, 0.5) is 5.95 Å². The van der Waals surface area contributed by atoms with Crippen LogP contribution in [0.1, 0.15) is 67.6 Å². The minimum atomic E-state index is -0.583. The molecule has 0 saturated heterocycles. The van der Waals surface area contributed by atoms with Gasteiger partial charge in [-0.05, 0) is 82.6 Å². The van der Waals surface area contributed by atoms with Crippen LogP contribution in [0.25, 0.3) is 44.2 Å². The van der Waals surface area contributed by atoms with Gasteiger partial charge in [0.05, 0.1) is 33.6 Å². The molecular formula is C39H38N12O3. The molecular weight excluding hydrogens is 685 g/mol. The number of nitrogens with one attached hydrogen (secondary N) is 1. The molecule has 15 nitrogen and oxygen atoms in total. The third-order valence-corrected chi connectivity index (χ3v) is 9.46. The lowest BCUT2D eigenvalue weighted by molar-refractivity contribution is 0.0992. The van der Waals surface area contributed by atoms with Gasteiger partial charge >= 0.3 is 0 Å². The van der Waals surface area contributed by atoms with Gasteiger partial charge < -0.3 is 20.6 Å². The first-order valence-electron chi connectivity index (χ1n) is 17.4. The minimum Gasteiger partial charge on any atom is -0.366 e. The zero-order valence-corrected chi connectivity index (χ0v) is 30.5. The lowest BCUT2D eigenvalue weighted by atomic mass is 10.1. The van der Waals surface area contributed by atoms with Crippen LogP contribution in [-0.2, 0) is 26.2 Å². The fraction of sp³-hybridized carbons (Fsp3) is 0.231. The topological polar surface area (TPSA) is 210 Å². The molecule has 7 rings (SSSR count). The van der Waals surface area contributed by atoms with Gasteiger partial charge in [0.1, 0.15) is 23.0 Å². The van der Waals surface area contributed by atoms with Gasteiger partial charge in [0.15, 0.2) is 0 Å². The van der Waals surface area contributed by atoms with Crippen molar-refractivity contribution < 1.29 is 14.4 Å². The SMILES string of the molecule is CCn1nc(C)cc1C(=O)Nc1nc2cc(C(N)=O)cc(C)c2n1C/C=C/Cn1c2ccc(C(N)=O)cc2c2cnc(-c3cc(C)nn3CC)c(C#N)c21. The molecule has 0 unspecified atom stereocenters. The standard InChI is InChI=1S/C39H38N12O3/c1-6-50-31(15-22(4)46-50)33-27(19-40)35-28(20-43-33)26-17-24(36(41)52)10-11-30(26)48(35)12-8-9-13-49-34-21(3)14-25(37(42)53)18-29(34)44-39(49)45-38(54)32-16-23(5)47-51(32)7-2/h8-11,14-18,20H,6-7,12-13H2,1-5H3,(H2,41,52)(H2,42,53)(H,44,45,54)/b9-8+. The van der Waals surface area contributed by atoms with Gasteiger partial charge in [0.25, 0.3) is 5.91 Å². The molecule has 0 aliphatic rings. The second kappa shape index (κ2) is 13.8. The Hall–Kier alpha value is -7.08. The lowest BCUT2D eigenvalue weighted by Crippen LogP contribution is -2.20. The number of nitriles is 1. The number of aryl methyl sites for hydroxylation is 5. The molecule has 272 valence electrons. The fourth-order valence-electron chi connectivity index (χ4n) is 7.09. The molecule has 0 spiro atoms. The van der Waals surface area contributed by atoms with Gasteiger partial charge in [-0.15, -0.1) is 0 Å². The zero-order chi connectivity index (χ0) is 38.4. The number of aromatic nitrogens is 8. The Kier molecular flexibility index (Phi) is 9.03. The Morgan fingerprint density at radius 1 is 0.833 bits per heavy atom. The van der Waals surface area contributed by atoms with Crippen molar-refractivity contribution in [2.75, 3.05) is 5.32 Å². The number of hydrogen-bond donors (Lipinski definition) is 3. The van der Waals surface area contributed by atoms with E-state index in [1.807, 2.05) is 72.7 Å². The molecule has 5 N–H and O–H groups in total. The van der Waals surface area contributed by atoms with Crippen LogP contribution < -0.4 is 16.8 Å². The van der Waals surface area contributed by atoms with Gasteiger partial charge in [-0.25, -0.2) is 4.98 Å². The van der Waals surface area contributed by atoms with E-state index in [9.17, 15) is 19.6 Å². The fourth-order valence-corrected chi connectivity index (χ4v) is 7.09. The number of amides is 3. The summed E-state index contributed by atoms with van der Waals surface area (Å²) in [6.45, 7) is 11.2. The van der Waals surface area contributed by atoms with Crippen molar-refractivity contribution in [1.29, 1.82) is 5.26 Å². The van der Waals surface area contributed by atoms with Gasteiger partial charge in [-0.3, -0.25) is 34.0 Å². The Bertz CT molecular complexity index is 2750. The third kappa shape index (κ3) is 6.03. The molecule has 0 fully saturated rings. The first kappa shape index (κ1) is 35.3. The quantitative estimate of drug-likeness (QED) is 0.152. The number of imidazole rings is 1. The zero-order valence-electron chi connectivity index (χ0n) is 30.5. The first-order valence-corrected chi connectivity index (χ1v) is 17.4. The van der Waals surface area contributed by atoms with Crippen LogP contribution in [0.15, 0.2) is 60.8 Å². The first-order chi connectivity index (χ1) is 25.9. The molecule has 0 aliphatic carbocycles. The summed E-state index contributed by atoms with van der Waals surface area (Å²) in [5, 5.41) is 24.0. The molecule has 5 heterocycles. The monoisotopic (exact) mass is 722 g/mol. The maximum Gasteiger partial charge on any atom is 0.276 e. The second-order valence-corrected chi connectivity index (χ2v) is 13.0. The highest BCUT2D eigenvalue weighted by molar-refractivity contribution is 6.12. The van der Waals surface area contributed by atoms with Gasteiger partial charge in [0, 0.05) is 59.8 Å². The summed E-state index contributed by atoms with van der Waals surface area (Å²) in [5.41, 5.74) is 18.9. The molecule has 0 aliphatic heterocycles. The molecule has 0 bridgehead atoms. The van der Waals surface area contributed by atoms with Gasteiger partial charge in [-0.1, -0.05) is 12.2 Å². The molecule has 0 saturated carbocycles. The van der Waals surface area contributed by atoms with Crippen molar-refractivity contribution in [3.63, 3.8) is 0 Å². The van der Waals surface area contributed by atoms with Crippen molar-refractivity contribution in [2.24, 2.45) is 11.5 Å². The number of allylic oxidation sites excluding steroid dienone is 2. The van der Waals surface area contributed by atoms with E-state index in [-0.39, 0.29) is 11.9 Å². The van der Waals surface area contributed by atoms with Crippen LogP contribution in [0.2, 0.25) is 0 Å². The smallest absolute Gasteiger partial charge is 0.276 e. The number of carbonyl (C=O) groups excluding carboxylic acids is 3. The summed E-state index contributed by atoms with van der Waals surface area (Å²) >= 11 is 0. The number of pyridine rings is 1. The molecule has 7 aromatic rings. The van der Waals surface area contributed by atoms with E-state index >= 15 is 0 Å². The number of nitrogens with two attached hydrogens (primary N) is 2. The molecule has 0 radical (unpaired) electrons. The van der Waals surface area contributed by atoms with Crippen LogP contribution in [0.5, 0.6) is 0 Å². The molecule has 2 aromatic carbocycles. The van der Waals surface area contributed by atoms with Crippen molar-refractivity contribution in [3.05, 3.63) is 100 Å². The van der Waals surface area contributed by atoms with Crippen molar-refractivity contribution >= 4 is 56.5 Å². The van der Waals surface area contributed by atoms with Gasteiger partial charge in [0.2, 0.25) is 17.8 Å². The van der Waals surface area contributed by atoms with Crippen LogP contribution in [-0.4, -0.2) is 56.4 Å². The molecule has 5 aromatic heterocycles. The largest absolute Gasteiger partial charge is 0.366 e. The van der Waals surface area contributed by atoms with E-state index in [2.05, 4.69) is 21.6 Å². The van der Waals surface area contributed by atoms with Gasteiger partial charge in [-0.2, -0.15) is 15.5 Å². The predicted molar refractivity (Wildman–Crippen MR) is 205 cm³/mol. The third-order valence-electron chi connectivity index (χ3n) is 9.46. The summed E-state index contributed by atoms with van der Waals surface area (Å²) in [7, 11) is 0. The van der Waals surface area contributed by atoms with Crippen LogP contribution in [0, 0.1) is 32.1 Å². The van der Waals surface area contributed by atoms with Crippen LogP contribution >= 0.6 is 0 Å². The Morgan fingerprint density at radius 3 is 2.20 bits per heavy atom. The predicted octanol–water partition coefficient (Wildman–Crippen LogP) is 5.14. The number of nitrogens with zero attached hydrogens (tertiary/aromatic N) is 9. The number of anilines is 1. The van der Waals surface area contributed by atoms with Crippen LogP contribution in [0.3, 0.4) is 0 Å². The second-order valence-electron chi connectivity index (χ2n) is 13.0. The van der Waals surface area contributed by atoms with Crippen molar-refractivity contribution in [2.45, 2.75) is 60.8 Å². The number of carbonyl (C=O) groups is 3.